The van der Waals surface area contributed by atoms with Gasteiger partial charge in [-0.1, -0.05) is 5.92 Å². The molecule has 13 heavy (non-hydrogen) atoms. The van der Waals surface area contributed by atoms with E-state index in [0.717, 1.165) is 0 Å². The molecule has 0 heterocycles. The zero-order valence-corrected chi connectivity index (χ0v) is 8.77. The van der Waals surface area contributed by atoms with Crippen LogP contribution in [0.25, 0.3) is 0 Å². The molecular formula is C10H18N2O. The van der Waals surface area contributed by atoms with Crippen LogP contribution in [0.2, 0.25) is 0 Å². The summed E-state index contributed by atoms with van der Waals surface area (Å²) in [5.41, 5.74) is 0. The van der Waals surface area contributed by atoms with E-state index in [1.54, 1.807) is 6.92 Å². The van der Waals surface area contributed by atoms with Gasteiger partial charge in [0.25, 0.3) is 0 Å². The summed E-state index contributed by atoms with van der Waals surface area (Å²) in [6.45, 7) is 8.05. The number of amides is 1. The lowest BCUT2D eigenvalue weighted by molar-refractivity contribution is -0.123. The molecule has 1 unspecified atom stereocenters. The van der Waals surface area contributed by atoms with Gasteiger partial charge in [-0.2, -0.15) is 0 Å². The summed E-state index contributed by atoms with van der Waals surface area (Å²) in [6.07, 6.45) is 0. The van der Waals surface area contributed by atoms with Gasteiger partial charge in [0.1, 0.15) is 0 Å². The van der Waals surface area contributed by atoms with Gasteiger partial charge in [-0.25, -0.2) is 0 Å². The van der Waals surface area contributed by atoms with Crippen molar-refractivity contribution in [2.45, 2.75) is 39.8 Å². The van der Waals surface area contributed by atoms with Gasteiger partial charge in [0, 0.05) is 6.04 Å². The van der Waals surface area contributed by atoms with Crippen molar-refractivity contribution in [1.29, 1.82) is 0 Å². The molecule has 1 atom stereocenters. The molecule has 3 nitrogen and oxygen atoms in total. The largest absolute Gasteiger partial charge is 0.353 e. The van der Waals surface area contributed by atoms with Crippen molar-refractivity contribution in [3.05, 3.63) is 0 Å². The Morgan fingerprint density at radius 3 is 2.46 bits per heavy atom. The Hall–Kier alpha value is -1.01. The van der Waals surface area contributed by atoms with E-state index in [-0.39, 0.29) is 18.0 Å². The first-order valence-electron chi connectivity index (χ1n) is 4.51. The third kappa shape index (κ3) is 6.18. The van der Waals surface area contributed by atoms with Crippen LogP contribution in [0.1, 0.15) is 27.7 Å². The highest BCUT2D eigenvalue weighted by Gasteiger charge is 2.11. The summed E-state index contributed by atoms with van der Waals surface area (Å²) in [5.74, 6) is 5.63. The molecule has 0 spiro atoms. The van der Waals surface area contributed by atoms with Gasteiger partial charge in [0.2, 0.25) is 5.91 Å². The molecule has 0 aliphatic heterocycles. The standard InChI is InChI=1S/C10H18N2O/c1-5-6-7-11-9(4)10(13)12-8(2)3/h8-9,11H,7H2,1-4H3,(H,12,13). The molecule has 0 aromatic carbocycles. The van der Waals surface area contributed by atoms with Gasteiger partial charge < -0.3 is 5.32 Å². The quantitative estimate of drug-likeness (QED) is 0.622. The zero-order valence-electron chi connectivity index (χ0n) is 8.77. The van der Waals surface area contributed by atoms with Crippen LogP contribution in [-0.4, -0.2) is 24.5 Å². The lowest BCUT2D eigenvalue weighted by atomic mass is 10.3. The number of rotatable bonds is 4. The molecule has 0 saturated heterocycles. The molecule has 2 N–H and O–H groups in total. The van der Waals surface area contributed by atoms with Crippen molar-refractivity contribution in [1.82, 2.24) is 10.6 Å². The maximum Gasteiger partial charge on any atom is 0.237 e. The highest BCUT2D eigenvalue weighted by Crippen LogP contribution is 1.84. The second-order valence-electron chi connectivity index (χ2n) is 3.19. The minimum atomic E-state index is -0.178. The SMILES string of the molecule is CC#CCNC(C)C(=O)NC(C)C. The minimum absolute atomic E-state index is 0.0212. The summed E-state index contributed by atoms with van der Waals surface area (Å²) < 4.78 is 0. The van der Waals surface area contributed by atoms with E-state index < -0.39 is 0 Å². The molecule has 0 saturated carbocycles. The Morgan fingerprint density at radius 1 is 1.38 bits per heavy atom. The van der Waals surface area contributed by atoms with E-state index in [9.17, 15) is 4.79 Å². The van der Waals surface area contributed by atoms with Crippen molar-refractivity contribution in [3.8, 4) is 11.8 Å². The summed E-state index contributed by atoms with van der Waals surface area (Å²) in [4.78, 5) is 11.3. The minimum Gasteiger partial charge on any atom is -0.353 e. The highest BCUT2D eigenvalue weighted by atomic mass is 16.2. The van der Waals surface area contributed by atoms with Crippen molar-refractivity contribution in [2.24, 2.45) is 0 Å². The van der Waals surface area contributed by atoms with Crippen LogP contribution in [0.3, 0.4) is 0 Å². The van der Waals surface area contributed by atoms with E-state index in [2.05, 4.69) is 22.5 Å². The molecule has 0 rings (SSSR count). The van der Waals surface area contributed by atoms with Gasteiger partial charge in [-0.05, 0) is 27.7 Å². The average Bonchev–Trinajstić information content (AvgIpc) is 2.03. The van der Waals surface area contributed by atoms with Crippen LogP contribution in [0, 0.1) is 11.8 Å². The zero-order chi connectivity index (χ0) is 10.3. The molecule has 3 heteroatoms. The van der Waals surface area contributed by atoms with E-state index in [1.807, 2.05) is 20.8 Å². The van der Waals surface area contributed by atoms with Crippen molar-refractivity contribution in [3.63, 3.8) is 0 Å². The molecule has 0 fully saturated rings. The first-order chi connectivity index (χ1) is 6.07. The lowest BCUT2D eigenvalue weighted by Gasteiger charge is -2.14. The predicted molar refractivity (Wildman–Crippen MR) is 54.2 cm³/mol. The number of nitrogens with one attached hydrogen (secondary N) is 2. The number of carbonyl (C=O) groups is 1. The van der Waals surface area contributed by atoms with Gasteiger partial charge in [0.15, 0.2) is 0 Å². The second kappa shape index (κ2) is 6.50. The molecule has 0 aliphatic rings. The molecule has 0 radical (unpaired) electrons. The maximum atomic E-state index is 11.3. The van der Waals surface area contributed by atoms with Gasteiger partial charge in [-0.3, -0.25) is 10.1 Å². The predicted octanol–water partition coefficient (Wildman–Crippen LogP) is 0.512. The van der Waals surface area contributed by atoms with Gasteiger partial charge in [-0.15, -0.1) is 5.92 Å². The molecule has 0 aromatic heterocycles. The van der Waals surface area contributed by atoms with Crippen molar-refractivity contribution >= 4 is 5.91 Å². The second-order valence-corrected chi connectivity index (χ2v) is 3.19. The van der Waals surface area contributed by atoms with Crippen LogP contribution in [0.5, 0.6) is 0 Å². The summed E-state index contributed by atoms with van der Waals surface area (Å²) in [6, 6.07) is 0.0114. The first-order valence-corrected chi connectivity index (χ1v) is 4.51. The summed E-state index contributed by atoms with van der Waals surface area (Å²) in [7, 11) is 0. The molecule has 1 amide bonds. The number of carbonyl (C=O) groups excluding carboxylic acids is 1. The fourth-order valence-electron chi connectivity index (χ4n) is 0.795. The van der Waals surface area contributed by atoms with Crippen LogP contribution >= 0.6 is 0 Å². The van der Waals surface area contributed by atoms with Crippen molar-refractivity contribution in [2.75, 3.05) is 6.54 Å². The number of hydrogen-bond donors (Lipinski definition) is 2. The highest BCUT2D eigenvalue weighted by molar-refractivity contribution is 5.81. The smallest absolute Gasteiger partial charge is 0.237 e. The van der Waals surface area contributed by atoms with Crippen molar-refractivity contribution < 1.29 is 4.79 Å². The van der Waals surface area contributed by atoms with Gasteiger partial charge >= 0.3 is 0 Å². The van der Waals surface area contributed by atoms with E-state index >= 15 is 0 Å². The molecule has 0 aromatic rings. The maximum absolute atomic E-state index is 11.3. The molecule has 74 valence electrons. The number of hydrogen-bond acceptors (Lipinski definition) is 2. The Balaban J connectivity index is 3.73. The fraction of sp³-hybridized carbons (Fsp3) is 0.700. The Labute approximate surface area is 80.3 Å². The molecule has 0 aliphatic carbocycles. The summed E-state index contributed by atoms with van der Waals surface area (Å²) in [5, 5.41) is 5.82. The Kier molecular flexibility index (Phi) is 5.99. The third-order valence-corrected chi connectivity index (χ3v) is 1.50. The van der Waals surface area contributed by atoms with Crippen LogP contribution in [0.4, 0.5) is 0 Å². The van der Waals surface area contributed by atoms with Crippen LogP contribution in [0.15, 0.2) is 0 Å². The first kappa shape index (κ1) is 12.0. The lowest BCUT2D eigenvalue weighted by Crippen LogP contribution is -2.44. The third-order valence-electron chi connectivity index (χ3n) is 1.50. The average molecular weight is 182 g/mol. The summed E-state index contributed by atoms with van der Waals surface area (Å²) >= 11 is 0. The van der Waals surface area contributed by atoms with Crippen LogP contribution < -0.4 is 10.6 Å². The molecular weight excluding hydrogens is 164 g/mol. The monoisotopic (exact) mass is 182 g/mol. The normalized spacial score (nSPS) is 11.8. The topological polar surface area (TPSA) is 41.1 Å². The Morgan fingerprint density at radius 2 is 2.00 bits per heavy atom. The fourth-order valence-corrected chi connectivity index (χ4v) is 0.795. The van der Waals surface area contributed by atoms with E-state index in [1.165, 1.54) is 0 Å². The molecule has 0 bridgehead atoms. The van der Waals surface area contributed by atoms with Gasteiger partial charge in [0.05, 0.1) is 12.6 Å². The van der Waals surface area contributed by atoms with E-state index in [0.29, 0.717) is 6.54 Å². The Bertz CT molecular complexity index is 213. The van der Waals surface area contributed by atoms with Crippen LogP contribution in [-0.2, 0) is 4.79 Å². The van der Waals surface area contributed by atoms with E-state index in [4.69, 9.17) is 0 Å².